The van der Waals surface area contributed by atoms with E-state index >= 15 is 4.39 Å². The maximum atomic E-state index is 16.3. The lowest BCUT2D eigenvalue weighted by Crippen LogP contribution is -2.49. The minimum atomic E-state index is -0.913. The standard InChI is InChI=1S/C30H21F3N6O3S.C7H12FN/c1-3-18-21(31)5-4-16-12-17(40)13-19(24(16)18)26-25(33)27-20(15-35-26)28(37-30(36-27)42-2)38-7-9-39(10-8-38)29(41)22(32)14-23-34-6-11-43-23;8-6-4-7-2-1-3-9(7)5-6/h1,4-6,11-15,40H,7-10H2,2H3;6-7H,1-5H2/b22-14-;. The zero-order chi connectivity index (χ0) is 36.5. The van der Waals surface area contributed by atoms with Crippen LogP contribution in [-0.4, -0.2) is 99.3 Å². The number of hydrogen-bond acceptors (Lipinski definition) is 10. The Hall–Kier alpha value is -5.33. The van der Waals surface area contributed by atoms with Gasteiger partial charge in [0.25, 0.3) is 5.91 Å². The molecular formula is C37H33F4N7O3S. The quantitative estimate of drug-likeness (QED) is 0.130. The van der Waals surface area contributed by atoms with E-state index in [4.69, 9.17) is 11.2 Å². The maximum Gasteiger partial charge on any atom is 0.318 e. The van der Waals surface area contributed by atoms with E-state index in [-0.39, 0.29) is 71.0 Å². The van der Waals surface area contributed by atoms with E-state index < -0.39 is 29.5 Å². The Balaban J connectivity index is 0.000000404. The number of carbonyl (C=O) groups excluding carboxylic acids is 1. The Bertz CT molecular complexity index is 2210. The second kappa shape index (κ2) is 14.7. The van der Waals surface area contributed by atoms with Crippen molar-refractivity contribution >= 4 is 50.8 Å². The second-order valence-electron chi connectivity index (χ2n) is 12.6. The first kappa shape index (κ1) is 35.1. The lowest BCUT2D eigenvalue weighted by molar-refractivity contribution is -0.128. The number of anilines is 1. The van der Waals surface area contributed by atoms with Crippen molar-refractivity contribution < 1.29 is 32.2 Å². The number of phenols is 1. The van der Waals surface area contributed by atoms with Gasteiger partial charge < -0.3 is 19.6 Å². The van der Waals surface area contributed by atoms with E-state index in [1.165, 1.54) is 72.8 Å². The van der Waals surface area contributed by atoms with Gasteiger partial charge in [-0.05, 0) is 49.4 Å². The highest BCUT2D eigenvalue weighted by atomic mass is 32.1. The summed E-state index contributed by atoms with van der Waals surface area (Å²) < 4.78 is 63.3. The van der Waals surface area contributed by atoms with Gasteiger partial charge in [-0.1, -0.05) is 12.0 Å². The summed E-state index contributed by atoms with van der Waals surface area (Å²) in [5.41, 5.74) is -0.348. The number of pyridine rings is 1. The van der Waals surface area contributed by atoms with Gasteiger partial charge in [-0.2, -0.15) is 9.97 Å². The van der Waals surface area contributed by atoms with Gasteiger partial charge in [0.05, 0.1) is 18.1 Å². The summed E-state index contributed by atoms with van der Waals surface area (Å²) >= 11 is 1.21. The number of aromatic hydroxyl groups is 1. The van der Waals surface area contributed by atoms with Crippen LogP contribution >= 0.6 is 11.3 Å². The van der Waals surface area contributed by atoms with Gasteiger partial charge in [-0.3, -0.25) is 14.7 Å². The van der Waals surface area contributed by atoms with Gasteiger partial charge in [0.2, 0.25) is 0 Å². The normalized spacial score (nSPS) is 19.0. The molecule has 8 rings (SSSR count). The van der Waals surface area contributed by atoms with Crippen molar-refractivity contribution in [3.63, 3.8) is 0 Å². The first-order valence-corrected chi connectivity index (χ1v) is 17.5. The summed E-state index contributed by atoms with van der Waals surface area (Å²) in [6, 6.07) is 5.76. The average Bonchev–Trinajstić information content (AvgIpc) is 3.90. The Kier molecular flexibility index (Phi) is 9.94. The molecule has 2 atom stereocenters. The Morgan fingerprint density at radius 1 is 1.13 bits per heavy atom. The number of terminal acetylenes is 1. The van der Waals surface area contributed by atoms with Gasteiger partial charge in [0.1, 0.15) is 39.8 Å². The smallest absolute Gasteiger partial charge is 0.318 e. The van der Waals surface area contributed by atoms with Crippen LogP contribution in [0.5, 0.6) is 11.8 Å². The van der Waals surface area contributed by atoms with Crippen molar-refractivity contribution in [2.45, 2.75) is 31.5 Å². The van der Waals surface area contributed by atoms with Gasteiger partial charge in [0.15, 0.2) is 11.6 Å². The summed E-state index contributed by atoms with van der Waals surface area (Å²) in [4.78, 5) is 35.1. The SMILES string of the molecule is C#Cc1c(F)ccc2cc(O)cc(-c3ncc4c(N5CCN(C(=O)/C(F)=C/c6nccs6)CC5)nc(OC)nc4c3F)c12.FC1CC2CCCN2C1. The monoisotopic (exact) mass is 731 g/mol. The predicted molar refractivity (Wildman–Crippen MR) is 190 cm³/mol. The molecule has 3 aliphatic heterocycles. The lowest BCUT2D eigenvalue weighted by Gasteiger charge is -2.35. The van der Waals surface area contributed by atoms with E-state index in [0.717, 1.165) is 19.0 Å². The topological polar surface area (TPSA) is 108 Å². The Morgan fingerprint density at radius 2 is 1.94 bits per heavy atom. The predicted octanol–water partition coefficient (Wildman–Crippen LogP) is 6.13. The maximum absolute atomic E-state index is 16.3. The molecule has 3 aromatic heterocycles. The molecular weight excluding hydrogens is 699 g/mol. The molecule has 3 fully saturated rings. The molecule has 0 aliphatic carbocycles. The molecule has 6 heterocycles. The van der Waals surface area contributed by atoms with Crippen molar-refractivity contribution in [2.24, 2.45) is 0 Å². The molecule has 1 amide bonds. The number of thiazole rings is 1. The molecule has 5 aromatic rings. The zero-order valence-corrected chi connectivity index (χ0v) is 28.8. The number of alkyl halides is 1. The van der Waals surface area contributed by atoms with Crippen molar-refractivity contribution in [1.82, 2.24) is 29.7 Å². The number of benzene rings is 2. The fourth-order valence-electron chi connectivity index (χ4n) is 7.07. The van der Waals surface area contributed by atoms with E-state index in [9.17, 15) is 23.1 Å². The zero-order valence-electron chi connectivity index (χ0n) is 28.0. The number of methoxy groups -OCH3 is 1. The van der Waals surface area contributed by atoms with Crippen LogP contribution in [0.1, 0.15) is 29.8 Å². The summed E-state index contributed by atoms with van der Waals surface area (Å²) in [7, 11) is 1.34. The van der Waals surface area contributed by atoms with Crippen LogP contribution < -0.4 is 9.64 Å². The third-order valence-corrected chi connectivity index (χ3v) is 10.2. The number of aromatic nitrogens is 4. The molecule has 52 heavy (non-hydrogen) atoms. The summed E-state index contributed by atoms with van der Waals surface area (Å²) in [5.74, 6) is -0.775. The molecule has 3 saturated heterocycles. The molecule has 10 nitrogen and oxygen atoms in total. The van der Waals surface area contributed by atoms with Gasteiger partial charge in [0, 0.05) is 73.6 Å². The first-order chi connectivity index (χ1) is 25.1. The molecule has 1 N–H and O–H groups in total. The number of fused-ring (bicyclic) bond motifs is 3. The molecule has 0 radical (unpaired) electrons. The highest BCUT2D eigenvalue weighted by Gasteiger charge is 2.35. The minimum Gasteiger partial charge on any atom is -0.508 e. The van der Waals surface area contributed by atoms with E-state index in [1.807, 2.05) is 0 Å². The molecule has 0 bridgehead atoms. The van der Waals surface area contributed by atoms with Crippen LogP contribution in [0, 0.1) is 24.0 Å². The molecule has 0 spiro atoms. The number of carbonyl (C=O) groups is 1. The fourth-order valence-corrected chi connectivity index (χ4v) is 7.62. The average molecular weight is 732 g/mol. The fraction of sp³-hybridized carbons (Fsp3) is 0.324. The van der Waals surface area contributed by atoms with Gasteiger partial charge in [-0.15, -0.1) is 17.8 Å². The largest absolute Gasteiger partial charge is 0.508 e. The number of ether oxygens (including phenoxy) is 1. The van der Waals surface area contributed by atoms with Crippen molar-refractivity contribution in [3.05, 3.63) is 70.1 Å². The first-order valence-electron chi connectivity index (χ1n) is 16.7. The van der Waals surface area contributed by atoms with Crippen LogP contribution in [0.3, 0.4) is 0 Å². The number of halogens is 4. The van der Waals surface area contributed by atoms with E-state index in [2.05, 4.69) is 30.8 Å². The number of nitrogens with zero attached hydrogens (tertiary/aromatic N) is 7. The molecule has 268 valence electrons. The molecule has 3 aliphatic rings. The second-order valence-corrected chi connectivity index (χ2v) is 13.6. The molecule has 0 saturated carbocycles. The number of amides is 1. The van der Waals surface area contributed by atoms with E-state index in [0.29, 0.717) is 28.8 Å². The summed E-state index contributed by atoms with van der Waals surface area (Å²) in [6.07, 6.45) is 12.4. The summed E-state index contributed by atoms with van der Waals surface area (Å²) in [5, 5.41) is 13.3. The van der Waals surface area contributed by atoms with Crippen molar-refractivity contribution in [3.8, 4) is 35.4 Å². The number of piperazine rings is 1. The third kappa shape index (κ3) is 6.83. The highest BCUT2D eigenvalue weighted by molar-refractivity contribution is 7.10. The van der Waals surface area contributed by atoms with Crippen LogP contribution in [0.4, 0.5) is 23.4 Å². The Labute approximate surface area is 300 Å². The van der Waals surface area contributed by atoms with Crippen molar-refractivity contribution in [2.75, 3.05) is 51.3 Å². The number of rotatable bonds is 5. The number of phenolic OH excluding ortho intramolecular Hbond substituents is 1. The number of hydrogen-bond donors (Lipinski definition) is 1. The van der Waals surface area contributed by atoms with Gasteiger partial charge >= 0.3 is 6.01 Å². The summed E-state index contributed by atoms with van der Waals surface area (Å²) in [6.45, 7) is 2.73. The van der Waals surface area contributed by atoms with Crippen LogP contribution in [0.25, 0.3) is 39.0 Å². The van der Waals surface area contributed by atoms with Crippen LogP contribution in [0.2, 0.25) is 0 Å². The van der Waals surface area contributed by atoms with Crippen molar-refractivity contribution in [1.29, 1.82) is 0 Å². The molecule has 2 unspecified atom stereocenters. The highest BCUT2D eigenvalue weighted by Crippen LogP contribution is 2.39. The van der Waals surface area contributed by atoms with Gasteiger partial charge in [-0.25, -0.2) is 22.5 Å². The minimum absolute atomic E-state index is 0.0842. The van der Waals surface area contributed by atoms with Crippen LogP contribution in [0.15, 0.2) is 47.9 Å². The van der Waals surface area contributed by atoms with E-state index in [1.54, 1.807) is 10.3 Å². The molecule has 2 aromatic carbocycles. The third-order valence-electron chi connectivity index (χ3n) is 9.51. The van der Waals surface area contributed by atoms with Crippen LogP contribution in [-0.2, 0) is 4.79 Å². The Morgan fingerprint density at radius 3 is 2.65 bits per heavy atom. The molecule has 15 heteroatoms. The lowest BCUT2D eigenvalue weighted by atomic mass is 9.96.